The predicted octanol–water partition coefficient (Wildman–Crippen LogP) is 2.57. The Labute approximate surface area is 93.6 Å². The van der Waals surface area contributed by atoms with Crippen molar-refractivity contribution in [2.75, 3.05) is 13.7 Å². The number of benzene rings is 1. The van der Waals surface area contributed by atoms with Gasteiger partial charge in [0.1, 0.15) is 0 Å². The maximum absolute atomic E-state index is 13.6. The molecule has 1 aromatic rings. The molecule has 1 aliphatic rings. The molecule has 0 radical (unpaired) electrons. The fraction of sp³-hybridized carbons (Fsp3) is 0.500. The molecule has 1 fully saturated rings. The molecule has 0 spiro atoms. The van der Waals surface area contributed by atoms with Crippen LogP contribution in [0.2, 0.25) is 0 Å². The zero-order valence-corrected chi connectivity index (χ0v) is 9.44. The van der Waals surface area contributed by atoms with E-state index in [1.165, 1.54) is 7.11 Å². The molecule has 0 aromatic heterocycles. The Morgan fingerprint density at radius 3 is 2.69 bits per heavy atom. The van der Waals surface area contributed by atoms with Crippen molar-refractivity contribution < 1.29 is 13.5 Å². The van der Waals surface area contributed by atoms with Crippen molar-refractivity contribution in [1.29, 1.82) is 0 Å². The summed E-state index contributed by atoms with van der Waals surface area (Å²) in [6.07, 6.45) is 1.92. The van der Waals surface area contributed by atoms with E-state index in [1.54, 1.807) is 6.07 Å². The van der Waals surface area contributed by atoms with Crippen molar-refractivity contribution in [3.63, 3.8) is 0 Å². The number of nitrogens with one attached hydrogen (secondary N) is 1. The van der Waals surface area contributed by atoms with Crippen LogP contribution in [0.1, 0.15) is 25.3 Å². The number of hydrogen-bond donors (Lipinski definition) is 1. The molecule has 0 aliphatic carbocycles. The summed E-state index contributed by atoms with van der Waals surface area (Å²) in [5, 5.41) is 3.30. The molecule has 1 heterocycles. The molecule has 1 saturated heterocycles. The quantitative estimate of drug-likeness (QED) is 0.838. The van der Waals surface area contributed by atoms with Crippen LogP contribution in [0.15, 0.2) is 12.1 Å². The summed E-state index contributed by atoms with van der Waals surface area (Å²) in [7, 11) is 1.36. The Morgan fingerprint density at radius 1 is 1.38 bits per heavy atom. The van der Waals surface area contributed by atoms with E-state index >= 15 is 0 Å². The van der Waals surface area contributed by atoms with E-state index in [9.17, 15) is 8.78 Å². The minimum Gasteiger partial charge on any atom is -0.493 e. The van der Waals surface area contributed by atoms with E-state index in [2.05, 4.69) is 5.32 Å². The molecular weight excluding hydrogens is 212 g/mol. The second-order valence-corrected chi connectivity index (χ2v) is 4.30. The lowest BCUT2D eigenvalue weighted by Crippen LogP contribution is -2.33. The SMILES string of the molecule is COc1c(C2(C)CCCN2)ccc(F)c1F. The minimum atomic E-state index is -0.907. The van der Waals surface area contributed by atoms with Crippen molar-refractivity contribution in [2.24, 2.45) is 0 Å². The van der Waals surface area contributed by atoms with Crippen LogP contribution in [0.3, 0.4) is 0 Å². The molecule has 2 rings (SSSR count). The molecule has 16 heavy (non-hydrogen) atoms. The first-order valence-electron chi connectivity index (χ1n) is 5.36. The van der Waals surface area contributed by atoms with Crippen LogP contribution in [0.25, 0.3) is 0 Å². The summed E-state index contributed by atoms with van der Waals surface area (Å²) < 4.78 is 31.6. The second-order valence-electron chi connectivity index (χ2n) is 4.30. The Kier molecular flexibility index (Phi) is 2.84. The van der Waals surface area contributed by atoms with Crippen molar-refractivity contribution in [2.45, 2.75) is 25.3 Å². The van der Waals surface area contributed by atoms with Gasteiger partial charge in [-0.25, -0.2) is 4.39 Å². The molecule has 88 valence electrons. The molecule has 1 N–H and O–H groups in total. The van der Waals surface area contributed by atoms with Gasteiger partial charge in [0.25, 0.3) is 0 Å². The first kappa shape index (κ1) is 11.3. The molecule has 0 bridgehead atoms. The Hall–Kier alpha value is -1.16. The third kappa shape index (κ3) is 1.67. The van der Waals surface area contributed by atoms with Crippen LogP contribution in [0, 0.1) is 11.6 Å². The Balaban J connectivity index is 2.52. The van der Waals surface area contributed by atoms with Gasteiger partial charge in [0.15, 0.2) is 11.6 Å². The zero-order chi connectivity index (χ0) is 11.8. The maximum atomic E-state index is 13.6. The van der Waals surface area contributed by atoms with Crippen molar-refractivity contribution >= 4 is 0 Å². The molecule has 1 aromatic carbocycles. The third-order valence-corrected chi connectivity index (χ3v) is 3.22. The van der Waals surface area contributed by atoms with Crippen LogP contribution in [-0.4, -0.2) is 13.7 Å². The number of ether oxygens (including phenoxy) is 1. The standard InChI is InChI=1S/C12H15F2NO/c1-12(6-3-7-15-12)8-4-5-9(13)10(14)11(8)16-2/h4-5,15H,3,6-7H2,1-2H3. The minimum absolute atomic E-state index is 0.0110. The lowest BCUT2D eigenvalue weighted by atomic mass is 9.89. The third-order valence-electron chi connectivity index (χ3n) is 3.22. The summed E-state index contributed by atoms with van der Waals surface area (Å²) in [4.78, 5) is 0. The summed E-state index contributed by atoms with van der Waals surface area (Å²) in [5.41, 5.74) is 0.367. The van der Waals surface area contributed by atoms with Gasteiger partial charge in [-0.15, -0.1) is 0 Å². The molecule has 0 amide bonds. The van der Waals surface area contributed by atoms with Crippen molar-refractivity contribution in [1.82, 2.24) is 5.32 Å². The molecule has 4 heteroatoms. The Morgan fingerprint density at radius 2 is 2.12 bits per heavy atom. The highest BCUT2D eigenvalue weighted by molar-refractivity contribution is 5.41. The fourth-order valence-electron chi connectivity index (χ4n) is 2.29. The highest BCUT2D eigenvalue weighted by Gasteiger charge is 2.34. The summed E-state index contributed by atoms with van der Waals surface area (Å²) in [6.45, 7) is 2.87. The summed E-state index contributed by atoms with van der Waals surface area (Å²) in [6, 6.07) is 2.74. The number of hydrogen-bond acceptors (Lipinski definition) is 2. The van der Waals surface area contributed by atoms with E-state index in [0.717, 1.165) is 25.5 Å². The van der Waals surface area contributed by atoms with Gasteiger partial charge in [-0.2, -0.15) is 4.39 Å². The Bertz CT molecular complexity index is 400. The van der Waals surface area contributed by atoms with Gasteiger partial charge in [0.2, 0.25) is 5.82 Å². The molecule has 1 atom stereocenters. The number of halogens is 2. The van der Waals surface area contributed by atoms with Gasteiger partial charge in [0, 0.05) is 11.1 Å². The first-order chi connectivity index (χ1) is 7.58. The topological polar surface area (TPSA) is 21.3 Å². The summed E-state index contributed by atoms with van der Waals surface area (Å²) >= 11 is 0. The smallest absolute Gasteiger partial charge is 0.200 e. The number of rotatable bonds is 2. The lowest BCUT2D eigenvalue weighted by molar-refractivity contribution is 0.340. The molecule has 0 saturated carbocycles. The summed E-state index contributed by atoms with van der Waals surface area (Å²) in [5.74, 6) is -1.77. The zero-order valence-electron chi connectivity index (χ0n) is 9.44. The second kappa shape index (κ2) is 4.01. The maximum Gasteiger partial charge on any atom is 0.200 e. The van der Waals surface area contributed by atoms with Crippen molar-refractivity contribution in [3.05, 3.63) is 29.3 Å². The fourth-order valence-corrected chi connectivity index (χ4v) is 2.29. The largest absolute Gasteiger partial charge is 0.493 e. The highest BCUT2D eigenvalue weighted by atomic mass is 19.2. The van der Waals surface area contributed by atoms with Crippen LogP contribution in [0.4, 0.5) is 8.78 Å². The average molecular weight is 227 g/mol. The monoisotopic (exact) mass is 227 g/mol. The van der Waals surface area contributed by atoms with E-state index in [1.807, 2.05) is 6.92 Å². The van der Waals surface area contributed by atoms with Crippen LogP contribution in [-0.2, 0) is 5.54 Å². The van der Waals surface area contributed by atoms with Crippen LogP contribution in [0.5, 0.6) is 5.75 Å². The van der Waals surface area contributed by atoms with Crippen LogP contribution >= 0.6 is 0 Å². The van der Waals surface area contributed by atoms with E-state index < -0.39 is 11.6 Å². The molecule has 1 unspecified atom stereocenters. The molecule has 2 nitrogen and oxygen atoms in total. The van der Waals surface area contributed by atoms with E-state index in [4.69, 9.17) is 4.74 Å². The van der Waals surface area contributed by atoms with Gasteiger partial charge in [-0.1, -0.05) is 6.07 Å². The van der Waals surface area contributed by atoms with Crippen molar-refractivity contribution in [3.8, 4) is 5.75 Å². The number of methoxy groups -OCH3 is 1. The molecule has 1 aliphatic heterocycles. The van der Waals surface area contributed by atoms with Gasteiger partial charge in [-0.3, -0.25) is 0 Å². The van der Waals surface area contributed by atoms with Crippen LogP contribution < -0.4 is 10.1 Å². The normalized spacial score (nSPS) is 24.8. The predicted molar refractivity (Wildman–Crippen MR) is 57.5 cm³/mol. The van der Waals surface area contributed by atoms with E-state index in [0.29, 0.717) is 5.56 Å². The van der Waals surface area contributed by atoms with Gasteiger partial charge < -0.3 is 10.1 Å². The van der Waals surface area contributed by atoms with E-state index in [-0.39, 0.29) is 11.3 Å². The lowest BCUT2D eigenvalue weighted by Gasteiger charge is -2.27. The molecular formula is C12H15F2NO. The average Bonchev–Trinajstić information content (AvgIpc) is 2.70. The van der Waals surface area contributed by atoms with Gasteiger partial charge >= 0.3 is 0 Å². The highest BCUT2D eigenvalue weighted by Crippen LogP contribution is 2.38. The first-order valence-corrected chi connectivity index (χ1v) is 5.36. The van der Waals surface area contributed by atoms with Gasteiger partial charge in [0.05, 0.1) is 7.11 Å². The van der Waals surface area contributed by atoms with Gasteiger partial charge in [-0.05, 0) is 32.4 Å².